The molecule has 2 aromatic rings. The van der Waals surface area contributed by atoms with E-state index < -0.39 is 0 Å². The van der Waals surface area contributed by atoms with Crippen molar-refractivity contribution in [3.05, 3.63) is 18.6 Å². The van der Waals surface area contributed by atoms with Gasteiger partial charge in [0.25, 0.3) is 0 Å². The van der Waals surface area contributed by atoms with Crippen LogP contribution in [-0.4, -0.2) is 40.4 Å². The number of hydrogen-bond acceptors (Lipinski definition) is 5. The van der Waals surface area contributed by atoms with E-state index in [0.717, 1.165) is 11.5 Å². The molecule has 0 radical (unpaired) electrons. The summed E-state index contributed by atoms with van der Waals surface area (Å²) in [6, 6.07) is 0. The average molecular weight is 248 g/mol. The molecule has 2 aromatic heterocycles. The number of carbonyl (C=O) groups is 1. The number of nitrogens with zero attached hydrogens (tertiary/aromatic N) is 3. The van der Waals surface area contributed by atoms with Gasteiger partial charge in [0, 0.05) is 39.5 Å². The summed E-state index contributed by atoms with van der Waals surface area (Å²) in [6.07, 6.45) is 5.44. The van der Waals surface area contributed by atoms with E-state index in [0.29, 0.717) is 18.9 Å². The lowest BCUT2D eigenvalue weighted by Gasteiger charge is -2.09. The Hall–Kier alpha value is -2.31. The fraction of sp³-hybridized carbons (Fsp3) is 0.364. The van der Waals surface area contributed by atoms with Gasteiger partial charge in [0.15, 0.2) is 11.5 Å². The van der Waals surface area contributed by atoms with Crippen LogP contribution in [0, 0.1) is 0 Å². The van der Waals surface area contributed by atoms with Crippen molar-refractivity contribution in [3.63, 3.8) is 0 Å². The zero-order valence-corrected chi connectivity index (χ0v) is 10.4. The van der Waals surface area contributed by atoms with Gasteiger partial charge in [-0.05, 0) is 0 Å². The van der Waals surface area contributed by atoms with Crippen LogP contribution in [0.25, 0.3) is 5.65 Å². The first-order valence-corrected chi connectivity index (χ1v) is 5.70. The Kier molecular flexibility index (Phi) is 3.61. The molecule has 0 unspecified atom stereocenters. The molecule has 0 spiro atoms. The first kappa shape index (κ1) is 12.2. The lowest BCUT2D eigenvalue weighted by Crippen LogP contribution is -2.26. The second-order valence-corrected chi connectivity index (χ2v) is 3.79. The van der Waals surface area contributed by atoms with Crippen molar-refractivity contribution in [2.45, 2.75) is 6.92 Å². The van der Waals surface area contributed by atoms with E-state index >= 15 is 0 Å². The second kappa shape index (κ2) is 5.35. The van der Waals surface area contributed by atoms with Crippen molar-refractivity contribution in [1.82, 2.24) is 19.7 Å². The summed E-state index contributed by atoms with van der Waals surface area (Å²) in [7, 11) is 1.81. The fourth-order valence-corrected chi connectivity index (χ4v) is 1.59. The van der Waals surface area contributed by atoms with Crippen LogP contribution in [0.15, 0.2) is 18.6 Å². The molecule has 0 atom stereocenters. The highest BCUT2D eigenvalue weighted by Crippen LogP contribution is 2.15. The molecule has 2 heterocycles. The minimum absolute atomic E-state index is 0.0420. The van der Waals surface area contributed by atoms with Gasteiger partial charge in [0.2, 0.25) is 5.91 Å². The first-order valence-electron chi connectivity index (χ1n) is 5.70. The lowest BCUT2D eigenvalue weighted by molar-refractivity contribution is -0.118. The maximum atomic E-state index is 10.7. The minimum Gasteiger partial charge on any atom is -0.372 e. The number of carbonyl (C=O) groups excluding carboxylic acids is 1. The van der Waals surface area contributed by atoms with Gasteiger partial charge in [-0.2, -0.15) is 0 Å². The van der Waals surface area contributed by atoms with Crippen LogP contribution in [0.4, 0.5) is 11.6 Å². The number of amides is 1. The van der Waals surface area contributed by atoms with Crippen LogP contribution in [0.3, 0.4) is 0 Å². The van der Waals surface area contributed by atoms with Crippen molar-refractivity contribution < 1.29 is 4.79 Å². The van der Waals surface area contributed by atoms with E-state index in [4.69, 9.17) is 0 Å². The van der Waals surface area contributed by atoms with E-state index in [2.05, 4.69) is 25.9 Å². The molecule has 18 heavy (non-hydrogen) atoms. The van der Waals surface area contributed by atoms with E-state index in [1.807, 2.05) is 23.8 Å². The molecule has 96 valence electrons. The third-order valence-corrected chi connectivity index (χ3v) is 2.42. The molecule has 1 amide bonds. The van der Waals surface area contributed by atoms with Gasteiger partial charge in [0.1, 0.15) is 5.82 Å². The number of hydrogen-bond donors (Lipinski definition) is 3. The summed E-state index contributed by atoms with van der Waals surface area (Å²) in [4.78, 5) is 19.4. The Bertz CT molecular complexity index is 549. The highest BCUT2D eigenvalue weighted by molar-refractivity contribution is 5.72. The summed E-state index contributed by atoms with van der Waals surface area (Å²) in [6.45, 7) is 2.64. The average Bonchev–Trinajstić information content (AvgIpc) is 2.82. The SMILES string of the molecule is CNc1cn2ccnc2c(NCCNC(C)=O)n1. The van der Waals surface area contributed by atoms with Crippen LogP contribution in [0.2, 0.25) is 0 Å². The predicted molar refractivity (Wildman–Crippen MR) is 69.7 cm³/mol. The van der Waals surface area contributed by atoms with E-state index in [1.165, 1.54) is 6.92 Å². The summed E-state index contributed by atoms with van der Waals surface area (Å²) < 4.78 is 1.89. The van der Waals surface area contributed by atoms with Crippen LogP contribution < -0.4 is 16.0 Å². The molecular formula is C11H16N6O. The Morgan fingerprint density at radius 1 is 1.44 bits per heavy atom. The van der Waals surface area contributed by atoms with Crippen molar-refractivity contribution in [2.24, 2.45) is 0 Å². The van der Waals surface area contributed by atoms with E-state index in [9.17, 15) is 4.79 Å². The highest BCUT2D eigenvalue weighted by Gasteiger charge is 2.06. The zero-order valence-electron chi connectivity index (χ0n) is 10.4. The molecule has 0 aliphatic heterocycles. The summed E-state index contributed by atoms with van der Waals surface area (Å²) in [5.74, 6) is 1.40. The quantitative estimate of drug-likeness (QED) is 0.664. The molecule has 0 aliphatic carbocycles. The number of imidazole rings is 1. The first-order chi connectivity index (χ1) is 8.70. The largest absolute Gasteiger partial charge is 0.372 e. The molecule has 0 aliphatic rings. The molecule has 0 fully saturated rings. The maximum absolute atomic E-state index is 10.7. The van der Waals surface area contributed by atoms with E-state index in [-0.39, 0.29) is 5.91 Å². The Labute approximate surface area is 105 Å². The summed E-state index contributed by atoms with van der Waals surface area (Å²) in [5, 5.41) is 8.86. The molecule has 0 saturated heterocycles. The van der Waals surface area contributed by atoms with Gasteiger partial charge < -0.3 is 20.4 Å². The predicted octanol–water partition coefficient (Wildman–Crippen LogP) is 0.319. The van der Waals surface area contributed by atoms with Gasteiger partial charge in [-0.15, -0.1) is 0 Å². The van der Waals surface area contributed by atoms with Gasteiger partial charge in [0.05, 0.1) is 6.20 Å². The number of fused-ring (bicyclic) bond motifs is 1. The third-order valence-electron chi connectivity index (χ3n) is 2.42. The monoisotopic (exact) mass is 248 g/mol. The lowest BCUT2D eigenvalue weighted by atomic mass is 10.5. The standard InChI is InChI=1S/C11H16N6O/c1-8(18)13-3-4-14-10-11-15-5-6-17(11)7-9(12-2)16-10/h5-7,12H,3-4H2,1-2H3,(H,13,18)(H,14,16). The second-order valence-electron chi connectivity index (χ2n) is 3.79. The Morgan fingerprint density at radius 3 is 3.00 bits per heavy atom. The number of aromatic nitrogens is 3. The smallest absolute Gasteiger partial charge is 0.216 e. The van der Waals surface area contributed by atoms with Crippen LogP contribution in [0.5, 0.6) is 0 Å². The summed E-state index contributed by atoms with van der Waals surface area (Å²) >= 11 is 0. The Balaban J connectivity index is 2.10. The molecule has 0 saturated carbocycles. The third kappa shape index (κ3) is 2.68. The fourth-order valence-electron chi connectivity index (χ4n) is 1.59. The Morgan fingerprint density at radius 2 is 2.28 bits per heavy atom. The highest BCUT2D eigenvalue weighted by atomic mass is 16.1. The zero-order chi connectivity index (χ0) is 13.0. The molecule has 0 bridgehead atoms. The minimum atomic E-state index is -0.0420. The molecule has 0 aromatic carbocycles. The van der Waals surface area contributed by atoms with Crippen LogP contribution >= 0.6 is 0 Å². The number of nitrogens with one attached hydrogen (secondary N) is 3. The molecule has 2 rings (SSSR count). The normalized spacial score (nSPS) is 10.3. The van der Waals surface area contributed by atoms with Crippen molar-refractivity contribution in [1.29, 1.82) is 0 Å². The molecule has 7 nitrogen and oxygen atoms in total. The molecular weight excluding hydrogens is 232 g/mol. The van der Waals surface area contributed by atoms with Gasteiger partial charge in [-0.3, -0.25) is 4.79 Å². The van der Waals surface area contributed by atoms with Crippen LogP contribution in [0.1, 0.15) is 6.92 Å². The van der Waals surface area contributed by atoms with Gasteiger partial charge in [-0.25, -0.2) is 9.97 Å². The van der Waals surface area contributed by atoms with Crippen LogP contribution in [-0.2, 0) is 4.79 Å². The molecule has 3 N–H and O–H groups in total. The number of rotatable bonds is 5. The van der Waals surface area contributed by atoms with Gasteiger partial charge in [-0.1, -0.05) is 0 Å². The van der Waals surface area contributed by atoms with Crippen molar-refractivity contribution >= 4 is 23.2 Å². The molecule has 7 heteroatoms. The topological polar surface area (TPSA) is 83.4 Å². The summed E-state index contributed by atoms with van der Waals surface area (Å²) in [5.41, 5.74) is 0.761. The maximum Gasteiger partial charge on any atom is 0.216 e. The van der Waals surface area contributed by atoms with Gasteiger partial charge >= 0.3 is 0 Å². The van der Waals surface area contributed by atoms with E-state index in [1.54, 1.807) is 6.20 Å². The van der Waals surface area contributed by atoms with Crippen molar-refractivity contribution in [2.75, 3.05) is 30.8 Å². The number of anilines is 2. The van der Waals surface area contributed by atoms with Crippen molar-refractivity contribution in [3.8, 4) is 0 Å².